The lowest BCUT2D eigenvalue weighted by Gasteiger charge is -2.06. The van der Waals surface area contributed by atoms with E-state index in [2.05, 4.69) is 0 Å². The quantitative estimate of drug-likeness (QED) is 0.565. The maximum Gasteiger partial charge on any atom is 0.234 e. The molecule has 0 aliphatic carbocycles. The lowest BCUT2D eigenvalue weighted by atomic mass is 10.2. The monoisotopic (exact) mass is 278 g/mol. The van der Waals surface area contributed by atoms with Crippen molar-refractivity contribution >= 4 is 19.7 Å². The van der Waals surface area contributed by atoms with Gasteiger partial charge in [-0.3, -0.25) is 0 Å². The maximum atomic E-state index is 10.6. The highest BCUT2D eigenvalue weighted by Gasteiger charge is 2.03. The number of benzene rings is 1. The molecule has 0 spiro atoms. The van der Waals surface area contributed by atoms with Crippen LogP contribution in [-0.2, 0) is 13.8 Å². The smallest absolute Gasteiger partial charge is 0.234 e. The predicted molar refractivity (Wildman–Crippen MR) is 67.1 cm³/mol. The SMILES string of the molecule is Cc1ccc(OCCOCCS(=O)(=O)Cl)cc1. The molecule has 1 aromatic rings. The van der Waals surface area contributed by atoms with Crippen molar-refractivity contribution in [3.05, 3.63) is 29.8 Å². The summed E-state index contributed by atoms with van der Waals surface area (Å²) < 4.78 is 31.6. The van der Waals surface area contributed by atoms with Crippen molar-refractivity contribution in [2.24, 2.45) is 0 Å². The standard InChI is InChI=1S/C11H15ClO4S/c1-10-2-4-11(5-3-10)16-7-6-15-8-9-17(12,13)14/h2-5H,6-9H2,1H3. The van der Waals surface area contributed by atoms with E-state index in [0.29, 0.717) is 13.2 Å². The number of aryl methyl sites for hydroxylation is 1. The molecular weight excluding hydrogens is 264 g/mol. The molecule has 0 saturated heterocycles. The molecule has 0 N–H and O–H groups in total. The number of hydrogen-bond donors (Lipinski definition) is 0. The van der Waals surface area contributed by atoms with Gasteiger partial charge in [-0.25, -0.2) is 8.42 Å². The van der Waals surface area contributed by atoms with Gasteiger partial charge >= 0.3 is 0 Å². The van der Waals surface area contributed by atoms with Crippen LogP contribution in [0.15, 0.2) is 24.3 Å². The van der Waals surface area contributed by atoms with Gasteiger partial charge in [0.15, 0.2) is 0 Å². The van der Waals surface area contributed by atoms with Gasteiger partial charge in [0.05, 0.1) is 19.0 Å². The van der Waals surface area contributed by atoms with E-state index in [4.69, 9.17) is 20.2 Å². The number of halogens is 1. The van der Waals surface area contributed by atoms with E-state index < -0.39 is 9.05 Å². The lowest BCUT2D eigenvalue weighted by Crippen LogP contribution is -2.11. The topological polar surface area (TPSA) is 52.6 Å². The van der Waals surface area contributed by atoms with Crippen LogP contribution in [0.1, 0.15) is 5.56 Å². The fourth-order valence-electron chi connectivity index (χ4n) is 1.11. The number of ether oxygens (including phenoxy) is 2. The molecule has 96 valence electrons. The van der Waals surface area contributed by atoms with Crippen molar-refractivity contribution < 1.29 is 17.9 Å². The molecule has 4 nitrogen and oxygen atoms in total. The molecule has 0 heterocycles. The van der Waals surface area contributed by atoms with Gasteiger partial charge in [-0.2, -0.15) is 0 Å². The van der Waals surface area contributed by atoms with Crippen LogP contribution < -0.4 is 4.74 Å². The van der Waals surface area contributed by atoms with Crippen LogP contribution in [-0.4, -0.2) is 34.0 Å². The van der Waals surface area contributed by atoms with E-state index in [1.807, 2.05) is 31.2 Å². The zero-order valence-electron chi connectivity index (χ0n) is 9.56. The summed E-state index contributed by atoms with van der Waals surface area (Å²) in [6.45, 7) is 2.80. The van der Waals surface area contributed by atoms with Gasteiger partial charge in [-0.15, -0.1) is 0 Å². The Morgan fingerprint density at radius 3 is 2.35 bits per heavy atom. The minimum Gasteiger partial charge on any atom is -0.491 e. The van der Waals surface area contributed by atoms with Crippen molar-refractivity contribution in [1.82, 2.24) is 0 Å². The first-order chi connectivity index (χ1) is 7.97. The highest BCUT2D eigenvalue weighted by molar-refractivity contribution is 8.13. The summed E-state index contributed by atoms with van der Waals surface area (Å²) in [5, 5.41) is 0. The average Bonchev–Trinajstić information content (AvgIpc) is 2.24. The van der Waals surface area contributed by atoms with Gasteiger partial charge in [0.25, 0.3) is 0 Å². The molecule has 1 aromatic carbocycles. The van der Waals surface area contributed by atoms with Gasteiger partial charge in [0.2, 0.25) is 9.05 Å². The average molecular weight is 279 g/mol. The molecular formula is C11H15ClO4S. The number of rotatable bonds is 7. The van der Waals surface area contributed by atoms with Crippen LogP contribution in [0.2, 0.25) is 0 Å². The summed E-state index contributed by atoms with van der Waals surface area (Å²) >= 11 is 0. The Balaban J connectivity index is 2.10. The molecule has 0 atom stereocenters. The minimum absolute atomic E-state index is 0.0864. The van der Waals surface area contributed by atoms with Gasteiger partial charge in [0, 0.05) is 10.7 Å². The van der Waals surface area contributed by atoms with Crippen LogP contribution in [0.25, 0.3) is 0 Å². The van der Waals surface area contributed by atoms with E-state index in [9.17, 15) is 8.42 Å². The Bertz CT molecular complexity index is 427. The van der Waals surface area contributed by atoms with Gasteiger partial charge in [-0.05, 0) is 19.1 Å². The predicted octanol–water partition coefficient (Wildman–Crippen LogP) is 1.96. The molecule has 1 rings (SSSR count). The fraction of sp³-hybridized carbons (Fsp3) is 0.455. The molecule has 0 aliphatic heterocycles. The Kier molecular flexibility index (Phi) is 5.74. The van der Waals surface area contributed by atoms with E-state index in [-0.39, 0.29) is 12.4 Å². The Hall–Kier alpha value is -0.780. The van der Waals surface area contributed by atoms with Crippen LogP contribution in [0.4, 0.5) is 0 Å². The highest BCUT2D eigenvalue weighted by Crippen LogP contribution is 2.10. The highest BCUT2D eigenvalue weighted by atomic mass is 35.7. The Morgan fingerprint density at radius 1 is 1.12 bits per heavy atom. The summed E-state index contributed by atoms with van der Waals surface area (Å²) in [4.78, 5) is 0. The van der Waals surface area contributed by atoms with Crippen molar-refractivity contribution in [1.29, 1.82) is 0 Å². The fourth-order valence-corrected chi connectivity index (χ4v) is 1.62. The maximum absolute atomic E-state index is 10.6. The van der Waals surface area contributed by atoms with Crippen molar-refractivity contribution in [3.8, 4) is 5.75 Å². The molecule has 0 fully saturated rings. The van der Waals surface area contributed by atoms with Gasteiger partial charge in [-0.1, -0.05) is 17.7 Å². The molecule has 6 heteroatoms. The van der Waals surface area contributed by atoms with E-state index in [1.54, 1.807) is 0 Å². The molecule has 0 unspecified atom stereocenters. The van der Waals surface area contributed by atoms with Crippen molar-refractivity contribution in [2.45, 2.75) is 6.92 Å². The summed E-state index contributed by atoms with van der Waals surface area (Å²) in [7, 11) is 1.56. The largest absolute Gasteiger partial charge is 0.491 e. The van der Waals surface area contributed by atoms with Crippen molar-refractivity contribution in [3.63, 3.8) is 0 Å². The molecule has 0 bridgehead atoms. The minimum atomic E-state index is -3.46. The van der Waals surface area contributed by atoms with E-state index >= 15 is 0 Å². The zero-order valence-corrected chi connectivity index (χ0v) is 11.1. The van der Waals surface area contributed by atoms with E-state index in [1.165, 1.54) is 5.56 Å². The summed E-state index contributed by atoms with van der Waals surface area (Å²) in [6, 6.07) is 7.66. The van der Waals surface area contributed by atoms with Gasteiger partial charge in [0.1, 0.15) is 12.4 Å². The third-order valence-corrected chi connectivity index (χ3v) is 3.11. The van der Waals surface area contributed by atoms with Crippen LogP contribution in [0.5, 0.6) is 5.75 Å². The second-order valence-corrected chi connectivity index (χ2v) is 6.41. The third kappa shape index (κ3) is 7.20. The van der Waals surface area contributed by atoms with E-state index in [0.717, 1.165) is 5.75 Å². The van der Waals surface area contributed by atoms with Crippen molar-refractivity contribution in [2.75, 3.05) is 25.6 Å². The zero-order chi connectivity index (χ0) is 12.7. The molecule has 0 aliphatic rings. The molecule has 0 aromatic heterocycles. The van der Waals surface area contributed by atoms with Gasteiger partial charge < -0.3 is 9.47 Å². The molecule has 17 heavy (non-hydrogen) atoms. The third-order valence-electron chi connectivity index (χ3n) is 1.99. The summed E-state index contributed by atoms with van der Waals surface area (Å²) in [5.41, 5.74) is 1.17. The Morgan fingerprint density at radius 2 is 1.76 bits per heavy atom. The van der Waals surface area contributed by atoms with Crippen LogP contribution in [0, 0.1) is 6.92 Å². The number of hydrogen-bond acceptors (Lipinski definition) is 4. The molecule has 0 amide bonds. The second kappa shape index (κ2) is 6.83. The Labute approximate surface area is 106 Å². The summed E-state index contributed by atoms with van der Waals surface area (Å²) in [6.07, 6.45) is 0. The first-order valence-corrected chi connectivity index (χ1v) is 7.65. The molecule has 0 saturated carbocycles. The second-order valence-electron chi connectivity index (χ2n) is 3.52. The summed E-state index contributed by atoms with van der Waals surface area (Å²) in [5.74, 6) is 0.586. The first kappa shape index (κ1) is 14.3. The van der Waals surface area contributed by atoms with Crippen LogP contribution >= 0.6 is 10.7 Å². The first-order valence-electron chi connectivity index (χ1n) is 5.17. The lowest BCUT2D eigenvalue weighted by molar-refractivity contribution is 0.111. The normalized spacial score (nSPS) is 11.4. The molecule has 0 radical (unpaired) electrons. The van der Waals surface area contributed by atoms with Crippen LogP contribution in [0.3, 0.4) is 0 Å².